The van der Waals surface area contributed by atoms with Crippen LogP contribution in [0, 0.1) is 0 Å². The van der Waals surface area contributed by atoms with Gasteiger partial charge in [-0.25, -0.2) is 0 Å². The molecule has 0 spiro atoms. The molecule has 0 aromatic heterocycles. The largest absolute Gasteiger partial charge is 0.491 e. The van der Waals surface area contributed by atoms with Gasteiger partial charge in [0.05, 0.1) is 25.1 Å². The lowest BCUT2D eigenvalue weighted by Crippen LogP contribution is -2.47. The minimum Gasteiger partial charge on any atom is -0.491 e. The SMILES string of the molecule is CN1CCN(C(=O)Cc2ccc3c(c2)N(C)C(=O)CCO3)CC1. The van der Waals surface area contributed by atoms with Crippen molar-refractivity contribution in [2.45, 2.75) is 12.8 Å². The van der Waals surface area contributed by atoms with Gasteiger partial charge in [0.25, 0.3) is 0 Å². The molecule has 0 bridgehead atoms. The molecule has 1 aromatic rings. The predicted molar refractivity (Wildman–Crippen MR) is 87.7 cm³/mol. The highest BCUT2D eigenvalue weighted by atomic mass is 16.5. The van der Waals surface area contributed by atoms with Gasteiger partial charge in [-0.15, -0.1) is 0 Å². The van der Waals surface area contributed by atoms with Crippen molar-refractivity contribution in [3.05, 3.63) is 23.8 Å². The Labute approximate surface area is 136 Å². The minimum atomic E-state index is 0.0336. The van der Waals surface area contributed by atoms with Crippen LogP contribution in [-0.4, -0.2) is 68.5 Å². The molecule has 6 heteroatoms. The molecule has 3 rings (SSSR count). The molecule has 2 aliphatic rings. The fraction of sp³-hybridized carbons (Fsp3) is 0.529. The summed E-state index contributed by atoms with van der Waals surface area (Å²) < 4.78 is 5.61. The third-order valence-corrected chi connectivity index (χ3v) is 4.54. The molecule has 0 atom stereocenters. The summed E-state index contributed by atoms with van der Waals surface area (Å²) in [5, 5.41) is 0. The van der Waals surface area contributed by atoms with Crippen LogP contribution in [0.1, 0.15) is 12.0 Å². The number of hydrogen-bond acceptors (Lipinski definition) is 4. The van der Waals surface area contributed by atoms with Gasteiger partial charge < -0.3 is 19.4 Å². The van der Waals surface area contributed by atoms with Gasteiger partial charge in [-0.1, -0.05) is 6.07 Å². The van der Waals surface area contributed by atoms with Crippen molar-refractivity contribution in [2.24, 2.45) is 0 Å². The Balaban J connectivity index is 1.73. The number of carbonyl (C=O) groups excluding carboxylic acids is 2. The zero-order chi connectivity index (χ0) is 16.4. The molecule has 1 saturated heterocycles. The Bertz CT molecular complexity index is 609. The molecule has 0 aliphatic carbocycles. The third kappa shape index (κ3) is 3.47. The van der Waals surface area contributed by atoms with Crippen molar-refractivity contribution in [1.82, 2.24) is 9.80 Å². The minimum absolute atomic E-state index is 0.0336. The fourth-order valence-electron chi connectivity index (χ4n) is 2.95. The van der Waals surface area contributed by atoms with Gasteiger partial charge in [0.2, 0.25) is 11.8 Å². The monoisotopic (exact) mass is 317 g/mol. The van der Waals surface area contributed by atoms with Crippen molar-refractivity contribution < 1.29 is 14.3 Å². The van der Waals surface area contributed by atoms with Crippen LogP contribution in [0.2, 0.25) is 0 Å². The van der Waals surface area contributed by atoms with E-state index >= 15 is 0 Å². The summed E-state index contributed by atoms with van der Waals surface area (Å²) in [5.41, 5.74) is 1.66. The van der Waals surface area contributed by atoms with Crippen LogP contribution in [0.25, 0.3) is 0 Å². The lowest BCUT2D eigenvalue weighted by atomic mass is 10.1. The van der Waals surface area contributed by atoms with E-state index in [4.69, 9.17) is 4.74 Å². The maximum absolute atomic E-state index is 12.5. The molecule has 6 nitrogen and oxygen atoms in total. The molecular weight excluding hydrogens is 294 g/mol. The average molecular weight is 317 g/mol. The molecular formula is C17H23N3O3. The Morgan fingerprint density at radius 2 is 1.91 bits per heavy atom. The second-order valence-electron chi connectivity index (χ2n) is 6.21. The van der Waals surface area contributed by atoms with E-state index in [0.29, 0.717) is 25.2 Å². The molecule has 124 valence electrons. The van der Waals surface area contributed by atoms with E-state index in [1.54, 1.807) is 11.9 Å². The third-order valence-electron chi connectivity index (χ3n) is 4.54. The highest BCUT2D eigenvalue weighted by molar-refractivity contribution is 5.95. The van der Waals surface area contributed by atoms with Gasteiger partial charge >= 0.3 is 0 Å². The van der Waals surface area contributed by atoms with Gasteiger partial charge in [-0.05, 0) is 24.7 Å². The molecule has 2 aliphatic heterocycles. The van der Waals surface area contributed by atoms with Gasteiger partial charge in [-0.3, -0.25) is 9.59 Å². The highest BCUT2D eigenvalue weighted by Crippen LogP contribution is 2.31. The van der Waals surface area contributed by atoms with Crippen LogP contribution >= 0.6 is 0 Å². The highest BCUT2D eigenvalue weighted by Gasteiger charge is 2.22. The quantitative estimate of drug-likeness (QED) is 0.808. The molecule has 0 N–H and O–H groups in total. The first-order valence-electron chi connectivity index (χ1n) is 8.03. The van der Waals surface area contributed by atoms with Crippen molar-refractivity contribution in [3.63, 3.8) is 0 Å². The number of carbonyl (C=O) groups is 2. The number of anilines is 1. The standard InChI is InChI=1S/C17H23N3O3/c1-18-6-8-20(9-7-18)17(22)12-13-3-4-15-14(11-13)19(2)16(21)5-10-23-15/h3-4,11H,5-10,12H2,1-2H3. The number of benzene rings is 1. The van der Waals surface area contributed by atoms with Gasteiger partial charge in [0.15, 0.2) is 0 Å². The van der Waals surface area contributed by atoms with Gasteiger partial charge in [0.1, 0.15) is 5.75 Å². The van der Waals surface area contributed by atoms with E-state index in [2.05, 4.69) is 11.9 Å². The lowest BCUT2D eigenvalue weighted by molar-refractivity contribution is -0.132. The van der Waals surface area contributed by atoms with Crippen LogP contribution in [-0.2, 0) is 16.0 Å². The first-order chi connectivity index (χ1) is 11.0. The zero-order valence-electron chi connectivity index (χ0n) is 13.7. The summed E-state index contributed by atoms with van der Waals surface area (Å²) in [6, 6.07) is 5.67. The van der Waals surface area contributed by atoms with E-state index in [1.807, 2.05) is 23.1 Å². The summed E-state index contributed by atoms with van der Waals surface area (Å²) in [5.74, 6) is 0.877. The van der Waals surface area contributed by atoms with Crippen LogP contribution in [0.5, 0.6) is 5.75 Å². The summed E-state index contributed by atoms with van der Waals surface area (Å²) >= 11 is 0. The lowest BCUT2D eigenvalue weighted by Gasteiger charge is -2.32. The molecule has 0 saturated carbocycles. The van der Waals surface area contributed by atoms with E-state index in [9.17, 15) is 9.59 Å². The van der Waals surface area contributed by atoms with Crippen LogP contribution < -0.4 is 9.64 Å². The maximum atomic E-state index is 12.5. The van der Waals surface area contributed by atoms with Crippen molar-refractivity contribution in [2.75, 3.05) is 51.8 Å². The van der Waals surface area contributed by atoms with Crippen molar-refractivity contribution in [1.29, 1.82) is 0 Å². The molecule has 0 unspecified atom stereocenters. The first-order valence-corrected chi connectivity index (χ1v) is 8.03. The van der Waals surface area contributed by atoms with E-state index in [0.717, 1.165) is 37.4 Å². The Kier molecular flexibility index (Phi) is 4.52. The zero-order valence-corrected chi connectivity index (χ0v) is 13.7. The van der Waals surface area contributed by atoms with Crippen molar-refractivity contribution >= 4 is 17.5 Å². The molecule has 1 fully saturated rings. The van der Waals surface area contributed by atoms with Crippen molar-refractivity contribution in [3.8, 4) is 5.75 Å². The first kappa shape index (κ1) is 15.8. The number of likely N-dealkylation sites (N-methyl/N-ethyl adjacent to an activating group) is 1. The molecule has 2 heterocycles. The number of hydrogen-bond donors (Lipinski definition) is 0. The van der Waals surface area contributed by atoms with E-state index in [-0.39, 0.29) is 11.8 Å². The summed E-state index contributed by atoms with van der Waals surface area (Å²) in [6.07, 6.45) is 0.736. The Hall–Kier alpha value is -2.08. The van der Waals surface area contributed by atoms with Crippen LogP contribution in [0.3, 0.4) is 0 Å². The second-order valence-corrected chi connectivity index (χ2v) is 6.21. The van der Waals surface area contributed by atoms with Crippen LogP contribution in [0.4, 0.5) is 5.69 Å². The number of piperazine rings is 1. The normalized spacial score (nSPS) is 19.1. The van der Waals surface area contributed by atoms with Gasteiger partial charge in [0, 0.05) is 33.2 Å². The Morgan fingerprint density at radius 3 is 2.65 bits per heavy atom. The molecule has 0 radical (unpaired) electrons. The van der Waals surface area contributed by atoms with Crippen LogP contribution in [0.15, 0.2) is 18.2 Å². The van der Waals surface area contributed by atoms with Gasteiger partial charge in [-0.2, -0.15) is 0 Å². The van der Waals surface area contributed by atoms with E-state index < -0.39 is 0 Å². The van der Waals surface area contributed by atoms with E-state index in [1.165, 1.54) is 0 Å². The fourth-order valence-corrected chi connectivity index (χ4v) is 2.95. The summed E-state index contributed by atoms with van der Waals surface area (Å²) in [6.45, 7) is 3.79. The number of nitrogens with zero attached hydrogens (tertiary/aromatic N) is 3. The molecule has 2 amide bonds. The number of ether oxygens (including phenoxy) is 1. The summed E-state index contributed by atoms with van der Waals surface area (Å²) in [4.78, 5) is 30.2. The average Bonchev–Trinajstić information content (AvgIpc) is 2.68. The molecule has 1 aromatic carbocycles. The second kappa shape index (κ2) is 6.58. The molecule has 23 heavy (non-hydrogen) atoms. The maximum Gasteiger partial charge on any atom is 0.230 e. The predicted octanol–water partition coefficient (Wildman–Crippen LogP) is 0.748. The number of rotatable bonds is 2. The smallest absolute Gasteiger partial charge is 0.230 e. The Morgan fingerprint density at radius 1 is 1.17 bits per heavy atom. The summed E-state index contributed by atoms with van der Waals surface area (Å²) in [7, 11) is 3.82. The topological polar surface area (TPSA) is 53.1 Å². The number of amides is 2. The number of fused-ring (bicyclic) bond motifs is 1.